The van der Waals surface area contributed by atoms with Gasteiger partial charge in [0, 0.05) is 20.3 Å². The van der Waals surface area contributed by atoms with Crippen molar-refractivity contribution in [3.63, 3.8) is 0 Å². The lowest BCUT2D eigenvalue weighted by atomic mass is 10.3. The molecule has 0 N–H and O–H groups in total. The molecule has 7 nitrogen and oxygen atoms in total. The molecule has 0 bridgehead atoms. The molecule has 29 heavy (non-hydrogen) atoms. The van der Waals surface area contributed by atoms with Crippen LogP contribution in [-0.2, 0) is 21.4 Å². The number of carbonyl (C=O) groups excluding carboxylic acids is 1. The van der Waals surface area contributed by atoms with Crippen LogP contribution in [0.5, 0.6) is 5.75 Å². The van der Waals surface area contributed by atoms with Crippen molar-refractivity contribution in [2.45, 2.75) is 10.8 Å². The number of sulfonamides is 1. The molecule has 0 fully saturated rings. The summed E-state index contributed by atoms with van der Waals surface area (Å²) in [6.45, 7) is 0.277. The largest absolute Gasteiger partial charge is 0.484 e. The predicted molar refractivity (Wildman–Crippen MR) is 113 cm³/mol. The van der Waals surface area contributed by atoms with E-state index in [4.69, 9.17) is 4.74 Å². The van der Waals surface area contributed by atoms with Gasteiger partial charge in [-0.05, 0) is 47.8 Å². The van der Waals surface area contributed by atoms with Gasteiger partial charge in [0.2, 0.25) is 0 Å². The molecule has 0 aliphatic carbocycles. The number of carbonyl (C=O) groups is 1. The number of ether oxygens (including phenoxy) is 1. The second-order valence-electron chi connectivity index (χ2n) is 6.26. The molecule has 9 heteroatoms. The van der Waals surface area contributed by atoms with Gasteiger partial charge in [0.25, 0.3) is 15.9 Å². The van der Waals surface area contributed by atoms with Crippen molar-refractivity contribution in [2.24, 2.45) is 0 Å². The zero-order chi connectivity index (χ0) is 20.9. The lowest BCUT2D eigenvalue weighted by molar-refractivity contribution is -0.132. The molecule has 0 saturated heterocycles. The van der Waals surface area contributed by atoms with Crippen LogP contribution in [0.3, 0.4) is 0 Å². The Kier molecular flexibility index (Phi) is 6.50. The van der Waals surface area contributed by atoms with Crippen molar-refractivity contribution in [3.05, 3.63) is 71.9 Å². The van der Waals surface area contributed by atoms with Gasteiger partial charge in [0.15, 0.2) is 6.61 Å². The number of aromatic nitrogens is 1. The fourth-order valence-corrected chi connectivity index (χ4v) is 4.87. The van der Waals surface area contributed by atoms with E-state index in [0.29, 0.717) is 18.0 Å². The van der Waals surface area contributed by atoms with Crippen LogP contribution in [-0.4, -0.2) is 44.9 Å². The highest BCUT2D eigenvalue weighted by Gasteiger charge is 2.22. The second kappa shape index (κ2) is 9.06. The molecular formula is C20H21N3O4S2. The highest BCUT2D eigenvalue weighted by molar-refractivity contribution is 7.94. The van der Waals surface area contributed by atoms with E-state index in [-0.39, 0.29) is 16.7 Å². The van der Waals surface area contributed by atoms with E-state index in [2.05, 4.69) is 4.98 Å². The minimum atomic E-state index is -3.58. The monoisotopic (exact) mass is 431 g/mol. The topological polar surface area (TPSA) is 79.8 Å². The zero-order valence-electron chi connectivity index (χ0n) is 16.1. The van der Waals surface area contributed by atoms with Crippen LogP contribution in [0.1, 0.15) is 5.69 Å². The molecule has 2 aromatic heterocycles. The van der Waals surface area contributed by atoms with Crippen molar-refractivity contribution in [2.75, 3.05) is 25.0 Å². The summed E-state index contributed by atoms with van der Waals surface area (Å²) < 4.78 is 32.2. The standard InChI is InChI=1S/C20H21N3O4S2/c1-22(14-16-6-3-4-12-21-16)19(24)15-27-18-10-8-17(9-11-18)23(2)29(25,26)20-7-5-13-28-20/h3-13H,14-15H2,1-2H3. The Morgan fingerprint density at radius 1 is 1.07 bits per heavy atom. The van der Waals surface area contributed by atoms with E-state index in [0.717, 1.165) is 5.69 Å². The summed E-state index contributed by atoms with van der Waals surface area (Å²) in [5.74, 6) is 0.298. The number of likely N-dealkylation sites (N-methyl/N-ethyl adjacent to an activating group) is 1. The third kappa shape index (κ3) is 5.12. The molecule has 0 atom stereocenters. The Morgan fingerprint density at radius 3 is 2.45 bits per heavy atom. The summed E-state index contributed by atoms with van der Waals surface area (Å²) in [5, 5.41) is 1.72. The number of thiophene rings is 1. The smallest absolute Gasteiger partial charge is 0.273 e. The van der Waals surface area contributed by atoms with Crippen LogP contribution in [0.2, 0.25) is 0 Å². The van der Waals surface area contributed by atoms with Crippen molar-refractivity contribution in [1.29, 1.82) is 0 Å². The van der Waals surface area contributed by atoms with Crippen LogP contribution in [0.15, 0.2) is 70.4 Å². The van der Waals surface area contributed by atoms with Gasteiger partial charge in [-0.3, -0.25) is 14.1 Å². The van der Waals surface area contributed by atoms with Crippen LogP contribution >= 0.6 is 11.3 Å². The van der Waals surface area contributed by atoms with Gasteiger partial charge in [0.05, 0.1) is 17.9 Å². The van der Waals surface area contributed by atoms with Gasteiger partial charge < -0.3 is 9.64 Å². The first-order chi connectivity index (χ1) is 13.9. The molecule has 1 amide bonds. The molecule has 3 rings (SSSR count). The summed E-state index contributed by atoms with van der Waals surface area (Å²) in [6.07, 6.45) is 1.68. The summed E-state index contributed by atoms with van der Waals surface area (Å²) >= 11 is 1.17. The second-order valence-corrected chi connectivity index (χ2v) is 9.40. The maximum absolute atomic E-state index is 12.6. The first-order valence-corrected chi connectivity index (χ1v) is 11.1. The summed E-state index contributed by atoms with van der Waals surface area (Å²) in [7, 11) is -0.395. The molecule has 3 aromatic rings. The summed E-state index contributed by atoms with van der Waals surface area (Å²) in [4.78, 5) is 18.0. The number of hydrogen-bond acceptors (Lipinski definition) is 6. The molecule has 2 heterocycles. The van der Waals surface area contributed by atoms with Crippen molar-refractivity contribution in [3.8, 4) is 5.75 Å². The van der Waals surface area contributed by atoms with Crippen LogP contribution in [0.25, 0.3) is 0 Å². The van der Waals surface area contributed by atoms with Gasteiger partial charge in [-0.25, -0.2) is 8.42 Å². The third-order valence-electron chi connectivity index (χ3n) is 4.22. The average Bonchev–Trinajstić information content (AvgIpc) is 3.28. The normalized spacial score (nSPS) is 11.1. The first kappa shape index (κ1) is 20.8. The maximum atomic E-state index is 12.6. The Balaban J connectivity index is 1.57. The van der Waals surface area contributed by atoms with Crippen LogP contribution in [0.4, 0.5) is 5.69 Å². The van der Waals surface area contributed by atoms with Crippen LogP contribution < -0.4 is 9.04 Å². The zero-order valence-corrected chi connectivity index (χ0v) is 17.7. The Labute approximate surface area is 174 Å². The van der Waals surface area contributed by atoms with Gasteiger partial charge in [-0.2, -0.15) is 0 Å². The Morgan fingerprint density at radius 2 is 1.83 bits per heavy atom. The number of nitrogens with zero attached hydrogens (tertiary/aromatic N) is 3. The lowest BCUT2D eigenvalue weighted by Gasteiger charge is -2.19. The molecule has 0 spiro atoms. The number of anilines is 1. The van der Waals surface area contributed by atoms with E-state index in [1.54, 1.807) is 55.0 Å². The molecule has 0 radical (unpaired) electrons. The van der Waals surface area contributed by atoms with Crippen molar-refractivity contribution < 1.29 is 17.9 Å². The SMILES string of the molecule is CN(Cc1ccccn1)C(=O)COc1ccc(N(C)S(=O)(=O)c2cccs2)cc1. The van der Waals surface area contributed by atoms with E-state index in [9.17, 15) is 13.2 Å². The first-order valence-electron chi connectivity index (χ1n) is 8.77. The van der Waals surface area contributed by atoms with E-state index in [1.165, 1.54) is 27.6 Å². The highest BCUT2D eigenvalue weighted by Crippen LogP contribution is 2.26. The van der Waals surface area contributed by atoms with Gasteiger partial charge in [-0.15, -0.1) is 11.3 Å². The summed E-state index contributed by atoms with van der Waals surface area (Å²) in [6, 6.07) is 15.4. The van der Waals surface area contributed by atoms with E-state index >= 15 is 0 Å². The highest BCUT2D eigenvalue weighted by atomic mass is 32.2. The molecule has 0 aliphatic rings. The van der Waals surface area contributed by atoms with Crippen LogP contribution in [0, 0.1) is 0 Å². The van der Waals surface area contributed by atoms with E-state index < -0.39 is 10.0 Å². The lowest BCUT2D eigenvalue weighted by Crippen LogP contribution is -2.31. The molecule has 0 saturated carbocycles. The van der Waals surface area contributed by atoms with Crippen molar-refractivity contribution in [1.82, 2.24) is 9.88 Å². The fourth-order valence-electron chi connectivity index (χ4n) is 2.51. The maximum Gasteiger partial charge on any atom is 0.273 e. The molecule has 0 unspecified atom stereocenters. The molecule has 152 valence electrons. The minimum absolute atomic E-state index is 0.119. The van der Waals surface area contributed by atoms with Crippen molar-refractivity contribution >= 4 is 33.0 Å². The fraction of sp³-hybridized carbons (Fsp3) is 0.200. The van der Waals surface area contributed by atoms with E-state index in [1.807, 2.05) is 18.2 Å². The van der Waals surface area contributed by atoms with Gasteiger partial charge >= 0.3 is 0 Å². The number of amides is 1. The number of rotatable bonds is 8. The number of hydrogen-bond donors (Lipinski definition) is 0. The number of benzene rings is 1. The predicted octanol–water partition coefficient (Wildman–Crippen LogP) is 3.01. The van der Waals surface area contributed by atoms with Gasteiger partial charge in [-0.1, -0.05) is 12.1 Å². The Hall–Kier alpha value is -2.91. The molecular weight excluding hydrogens is 410 g/mol. The molecule has 0 aliphatic heterocycles. The average molecular weight is 432 g/mol. The van der Waals surface area contributed by atoms with Gasteiger partial charge in [0.1, 0.15) is 9.96 Å². The Bertz CT molecular complexity index is 1040. The minimum Gasteiger partial charge on any atom is -0.484 e. The third-order valence-corrected chi connectivity index (χ3v) is 7.38. The number of pyridine rings is 1. The molecule has 1 aromatic carbocycles. The quantitative estimate of drug-likeness (QED) is 0.548. The summed E-state index contributed by atoms with van der Waals surface area (Å²) in [5.41, 5.74) is 1.30.